The van der Waals surface area contributed by atoms with Gasteiger partial charge in [-0.3, -0.25) is 0 Å². The fraction of sp³-hybridized carbons (Fsp3) is 0.273. The van der Waals surface area contributed by atoms with E-state index in [4.69, 9.17) is 20.3 Å². The zero-order chi connectivity index (χ0) is 11.5. The monoisotopic (exact) mass is 225 g/mol. The van der Waals surface area contributed by atoms with Crippen LogP contribution < -0.4 is 15.2 Å². The first-order valence-electron chi connectivity index (χ1n) is 4.84. The summed E-state index contributed by atoms with van der Waals surface area (Å²) in [5.74, 6) is 0.570. The van der Waals surface area contributed by atoms with Crippen molar-refractivity contribution in [3.05, 3.63) is 29.6 Å². The summed E-state index contributed by atoms with van der Waals surface area (Å²) >= 11 is 0. The van der Waals surface area contributed by atoms with Crippen LogP contribution in [0.25, 0.3) is 5.57 Å². The molecule has 1 heterocycles. The lowest BCUT2D eigenvalue weighted by Crippen LogP contribution is -2.05. The number of hydrogen-bond donors (Lipinski definition) is 2. The van der Waals surface area contributed by atoms with E-state index in [9.17, 15) is 4.39 Å². The number of aliphatic hydroxyl groups is 1. The van der Waals surface area contributed by atoms with Crippen LogP contribution in [0.3, 0.4) is 0 Å². The van der Waals surface area contributed by atoms with Crippen LogP contribution in [0.15, 0.2) is 24.0 Å². The van der Waals surface area contributed by atoms with Crippen molar-refractivity contribution in [1.29, 1.82) is 0 Å². The maximum Gasteiger partial charge on any atom is 0.231 e. The number of nitrogens with two attached hydrogens (primary N) is 1. The van der Waals surface area contributed by atoms with E-state index >= 15 is 0 Å². The maximum atomic E-state index is 13.3. The van der Waals surface area contributed by atoms with Gasteiger partial charge in [-0.05, 0) is 17.7 Å². The molecule has 0 aromatic heterocycles. The standard InChI is InChI=1S/C11H12FNO3/c12-9(5-14)8(4-13)7-1-2-10-11(3-7)16-6-15-10/h1-3,14H,4-6,13H2/b9-8+. The molecule has 0 fully saturated rings. The lowest BCUT2D eigenvalue weighted by atomic mass is 10.0. The van der Waals surface area contributed by atoms with E-state index in [1.165, 1.54) is 0 Å². The molecule has 0 unspecified atom stereocenters. The van der Waals surface area contributed by atoms with E-state index < -0.39 is 12.4 Å². The van der Waals surface area contributed by atoms with Crippen molar-refractivity contribution >= 4 is 5.57 Å². The summed E-state index contributed by atoms with van der Waals surface area (Å²) in [5, 5.41) is 8.75. The van der Waals surface area contributed by atoms with Gasteiger partial charge in [-0.15, -0.1) is 0 Å². The molecular weight excluding hydrogens is 213 g/mol. The Morgan fingerprint density at radius 1 is 1.38 bits per heavy atom. The highest BCUT2D eigenvalue weighted by Gasteiger charge is 2.15. The molecule has 0 saturated heterocycles. The van der Waals surface area contributed by atoms with Crippen LogP contribution in [0.5, 0.6) is 11.5 Å². The molecule has 0 spiro atoms. The number of halogens is 1. The second kappa shape index (κ2) is 4.51. The normalized spacial score (nSPS) is 14.9. The molecule has 4 nitrogen and oxygen atoms in total. The molecule has 16 heavy (non-hydrogen) atoms. The van der Waals surface area contributed by atoms with Crippen molar-refractivity contribution in [1.82, 2.24) is 0 Å². The van der Waals surface area contributed by atoms with E-state index in [0.717, 1.165) is 0 Å². The molecule has 1 aliphatic rings. The minimum Gasteiger partial charge on any atom is -0.454 e. The first kappa shape index (κ1) is 10.9. The van der Waals surface area contributed by atoms with Gasteiger partial charge in [0.2, 0.25) is 6.79 Å². The van der Waals surface area contributed by atoms with E-state index in [1.54, 1.807) is 18.2 Å². The highest BCUT2D eigenvalue weighted by atomic mass is 19.1. The average molecular weight is 225 g/mol. The van der Waals surface area contributed by atoms with E-state index in [0.29, 0.717) is 17.1 Å². The number of ether oxygens (including phenoxy) is 2. The Morgan fingerprint density at radius 3 is 2.81 bits per heavy atom. The van der Waals surface area contributed by atoms with Gasteiger partial charge >= 0.3 is 0 Å². The van der Waals surface area contributed by atoms with Crippen molar-refractivity contribution in [2.45, 2.75) is 0 Å². The minimum atomic E-state index is -0.652. The fourth-order valence-corrected chi connectivity index (χ4v) is 1.56. The summed E-state index contributed by atoms with van der Waals surface area (Å²) in [5.41, 5.74) is 6.32. The average Bonchev–Trinajstić information content (AvgIpc) is 2.77. The highest BCUT2D eigenvalue weighted by molar-refractivity contribution is 5.71. The van der Waals surface area contributed by atoms with Crippen LogP contribution in [0, 0.1) is 0 Å². The van der Waals surface area contributed by atoms with Crippen molar-refractivity contribution in [3.63, 3.8) is 0 Å². The molecule has 0 amide bonds. The number of aliphatic hydroxyl groups excluding tert-OH is 1. The second-order valence-electron chi connectivity index (χ2n) is 3.31. The van der Waals surface area contributed by atoms with Crippen LogP contribution in [0.2, 0.25) is 0 Å². The zero-order valence-electron chi connectivity index (χ0n) is 8.57. The number of rotatable bonds is 3. The van der Waals surface area contributed by atoms with E-state index in [1.807, 2.05) is 0 Å². The smallest absolute Gasteiger partial charge is 0.231 e. The van der Waals surface area contributed by atoms with Crippen molar-refractivity contribution in [3.8, 4) is 11.5 Å². The number of benzene rings is 1. The third-order valence-corrected chi connectivity index (χ3v) is 2.39. The molecule has 0 atom stereocenters. The SMILES string of the molecule is NC/C(=C(\F)CO)c1ccc2c(c1)OCO2. The molecule has 1 aromatic rings. The van der Waals surface area contributed by atoms with Gasteiger partial charge in [0.1, 0.15) is 5.83 Å². The quantitative estimate of drug-likeness (QED) is 0.806. The number of hydrogen-bond acceptors (Lipinski definition) is 4. The Labute approximate surface area is 92.1 Å². The van der Waals surface area contributed by atoms with Gasteiger partial charge in [-0.25, -0.2) is 4.39 Å². The summed E-state index contributed by atoms with van der Waals surface area (Å²) in [6.45, 7) is -0.462. The third kappa shape index (κ3) is 1.87. The largest absolute Gasteiger partial charge is 0.454 e. The van der Waals surface area contributed by atoms with Crippen LogP contribution in [0.1, 0.15) is 5.56 Å². The first-order chi connectivity index (χ1) is 7.76. The molecule has 5 heteroatoms. The predicted octanol–water partition coefficient (Wildman–Crippen LogP) is 1.05. The predicted molar refractivity (Wildman–Crippen MR) is 56.7 cm³/mol. The van der Waals surface area contributed by atoms with Crippen LogP contribution in [-0.4, -0.2) is 25.1 Å². The lowest BCUT2D eigenvalue weighted by molar-refractivity contribution is 0.174. The Hall–Kier alpha value is -1.59. The van der Waals surface area contributed by atoms with Gasteiger partial charge < -0.3 is 20.3 Å². The molecule has 86 valence electrons. The number of fused-ring (bicyclic) bond motifs is 1. The second-order valence-corrected chi connectivity index (χ2v) is 3.31. The van der Waals surface area contributed by atoms with Crippen LogP contribution in [-0.2, 0) is 0 Å². The molecule has 1 aromatic carbocycles. The van der Waals surface area contributed by atoms with Gasteiger partial charge in [0.05, 0.1) is 6.61 Å². The van der Waals surface area contributed by atoms with Crippen molar-refractivity contribution < 1.29 is 19.0 Å². The summed E-state index contributed by atoms with van der Waals surface area (Å²) in [4.78, 5) is 0. The molecule has 3 N–H and O–H groups in total. The van der Waals surface area contributed by atoms with Gasteiger partial charge in [0.25, 0.3) is 0 Å². The summed E-state index contributed by atoms with van der Waals surface area (Å²) < 4.78 is 23.6. The summed E-state index contributed by atoms with van der Waals surface area (Å²) in [7, 11) is 0. The van der Waals surface area contributed by atoms with Crippen molar-refractivity contribution in [2.24, 2.45) is 5.73 Å². The van der Waals surface area contributed by atoms with Gasteiger partial charge in [0.15, 0.2) is 11.5 Å². The molecule has 0 bridgehead atoms. The topological polar surface area (TPSA) is 64.7 Å². The van der Waals surface area contributed by atoms with E-state index in [-0.39, 0.29) is 18.9 Å². The lowest BCUT2D eigenvalue weighted by Gasteiger charge is -2.07. The summed E-state index contributed by atoms with van der Waals surface area (Å²) in [6.07, 6.45) is 0. The Kier molecular flexibility index (Phi) is 3.07. The van der Waals surface area contributed by atoms with Crippen LogP contribution in [0.4, 0.5) is 4.39 Å². The minimum absolute atomic E-state index is 0.0199. The summed E-state index contributed by atoms with van der Waals surface area (Å²) in [6, 6.07) is 5.03. The maximum absolute atomic E-state index is 13.3. The van der Waals surface area contributed by atoms with Crippen molar-refractivity contribution in [2.75, 3.05) is 19.9 Å². The highest BCUT2D eigenvalue weighted by Crippen LogP contribution is 2.34. The molecule has 0 radical (unpaired) electrons. The third-order valence-electron chi connectivity index (χ3n) is 2.39. The van der Waals surface area contributed by atoms with Gasteiger partial charge in [-0.2, -0.15) is 0 Å². The van der Waals surface area contributed by atoms with Gasteiger partial charge in [-0.1, -0.05) is 6.07 Å². The molecule has 1 aliphatic heterocycles. The Bertz CT molecular complexity index is 431. The molecular formula is C11H12FNO3. The van der Waals surface area contributed by atoms with Gasteiger partial charge in [0, 0.05) is 12.1 Å². The molecule has 2 rings (SSSR count). The van der Waals surface area contributed by atoms with E-state index in [2.05, 4.69) is 0 Å². The molecule has 0 aliphatic carbocycles. The molecule has 0 saturated carbocycles. The first-order valence-corrected chi connectivity index (χ1v) is 4.84. The Balaban J connectivity index is 2.40. The zero-order valence-corrected chi connectivity index (χ0v) is 8.57. The fourth-order valence-electron chi connectivity index (χ4n) is 1.56. The van der Waals surface area contributed by atoms with Crippen LogP contribution >= 0.6 is 0 Å². The Morgan fingerprint density at radius 2 is 2.12 bits per heavy atom.